The van der Waals surface area contributed by atoms with Crippen LogP contribution < -0.4 is 10.1 Å². The Balaban J connectivity index is 1.71. The first-order chi connectivity index (χ1) is 11.7. The average Bonchev–Trinajstić information content (AvgIpc) is 3.01. The van der Waals surface area contributed by atoms with Crippen LogP contribution in [0.5, 0.6) is 5.75 Å². The monoisotopic (exact) mass is 326 g/mol. The molecule has 0 atom stereocenters. The molecule has 0 radical (unpaired) electrons. The summed E-state index contributed by atoms with van der Waals surface area (Å²) in [6.07, 6.45) is 5.02. The molecule has 1 amide bonds. The molecule has 6 heteroatoms. The van der Waals surface area contributed by atoms with Gasteiger partial charge in [-0.15, -0.1) is 0 Å². The zero-order valence-electron chi connectivity index (χ0n) is 14.0. The number of carbonyl (C=O) groups excluding carboxylic acids is 1. The van der Waals surface area contributed by atoms with Gasteiger partial charge in [-0.3, -0.25) is 4.79 Å². The van der Waals surface area contributed by atoms with Crippen LogP contribution in [0.4, 0.5) is 5.82 Å². The number of amides is 1. The molecule has 3 rings (SSSR count). The number of nitrogens with one attached hydrogen (secondary N) is 1. The summed E-state index contributed by atoms with van der Waals surface area (Å²) in [6.45, 7) is 2.70. The van der Waals surface area contributed by atoms with Gasteiger partial charge in [0.2, 0.25) is 0 Å². The predicted molar refractivity (Wildman–Crippen MR) is 93.4 cm³/mol. The molecule has 6 nitrogen and oxygen atoms in total. The van der Waals surface area contributed by atoms with E-state index in [9.17, 15) is 4.79 Å². The van der Waals surface area contributed by atoms with Crippen LogP contribution >= 0.6 is 0 Å². The van der Waals surface area contributed by atoms with Crippen LogP contribution in [0.2, 0.25) is 0 Å². The number of rotatable bonds is 5. The first-order valence-corrected chi connectivity index (χ1v) is 7.99. The van der Waals surface area contributed by atoms with Gasteiger partial charge in [0.25, 0.3) is 5.91 Å². The second-order valence-electron chi connectivity index (χ2n) is 5.95. The standard InChI is InChI=1S/C18H22N4O2/c1-21-10-4-5-14(12-21)13-22-17(8-9-19-22)20-18(23)15-6-3-7-16(11-15)24-2/h3,5-9,11H,4,10,12-13H2,1-2H3,(H,20,23). The van der Waals surface area contributed by atoms with Crippen molar-refractivity contribution in [1.82, 2.24) is 14.7 Å². The number of nitrogens with zero attached hydrogens (tertiary/aromatic N) is 3. The molecule has 1 aliphatic heterocycles. The van der Waals surface area contributed by atoms with Gasteiger partial charge in [0.15, 0.2) is 0 Å². The number of benzene rings is 1. The minimum atomic E-state index is -0.176. The summed E-state index contributed by atoms with van der Waals surface area (Å²) in [5, 5.41) is 7.26. The third-order valence-electron chi connectivity index (χ3n) is 4.06. The number of aromatic nitrogens is 2. The summed E-state index contributed by atoms with van der Waals surface area (Å²) < 4.78 is 6.99. The van der Waals surface area contributed by atoms with Crippen LogP contribution in [-0.4, -0.2) is 47.8 Å². The van der Waals surface area contributed by atoms with Gasteiger partial charge in [-0.1, -0.05) is 12.1 Å². The van der Waals surface area contributed by atoms with Gasteiger partial charge in [0.1, 0.15) is 11.6 Å². The molecule has 1 N–H and O–H groups in total. The van der Waals surface area contributed by atoms with Gasteiger partial charge in [-0.2, -0.15) is 5.10 Å². The summed E-state index contributed by atoms with van der Waals surface area (Å²) in [6, 6.07) is 8.90. The summed E-state index contributed by atoms with van der Waals surface area (Å²) >= 11 is 0. The smallest absolute Gasteiger partial charge is 0.256 e. The van der Waals surface area contributed by atoms with Gasteiger partial charge in [-0.05, 0) is 37.2 Å². The Kier molecular flexibility index (Phi) is 4.96. The molecule has 1 aromatic carbocycles. The number of carbonyl (C=O) groups is 1. The summed E-state index contributed by atoms with van der Waals surface area (Å²) in [7, 11) is 3.70. The Morgan fingerprint density at radius 3 is 3.04 bits per heavy atom. The molecular weight excluding hydrogens is 304 g/mol. The number of methoxy groups -OCH3 is 1. The predicted octanol–water partition coefficient (Wildman–Crippen LogP) is 2.41. The number of hydrogen-bond acceptors (Lipinski definition) is 4. The second kappa shape index (κ2) is 7.31. The number of hydrogen-bond donors (Lipinski definition) is 1. The molecule has 0 saturated heterocycles. The summed E-state index contributed by atoms with van der Waals surface area (Å²) in [5.41, 5.74) is 1.86. The average molecular weight is 326 g/mol. The fourth-order valence-corrected chi connectivity index (χ4v) is 2.80. The molecule has 0 bridgehead atoms. The van der Waals surface area contributed by atoms with E-state index in [-0.39, 0.29) is 5.91 Å². The van der Waals surface area contributed by atoms with Gasteiger partial charge < -0.3 is 15.0 Å². The van der Waals surface area contributed by atoms with Crippen LogP contribution in [-0.2, 0) is 6.54 Å². The number of ether oxygens (including phenoxy) is 1. The van der Waals surface area contributed by atoms with E-state index < -0.39 is 0 Å². The van der Waals surface area contributed by atoms with Gasteiger partial charge in [0, 0.05) is 24.7 Å². The normalized spacial score (nSPS) is 15.0. The highest BCUT2D eigenvalue weighted by Gasteiger charge is 2.13. The van der Waals surface area contributed by atoms with E-state index in [1.807, 2.05) is 16.8 Å². The summed E-state index contributed by atoms with van der Waals surface area (Å²) in [5.74, 6) is 1.17. The van der Waals surface area contributed by atoms with Crippen LogP contribution in [0.25, 0.3) is 0 Å². The molecule has 0 fully saturated rings. The maximum absolute atomic E-state index is 12.4. The van der Waals surface area contributed by atoms with E-state index in [2.05, 4.69) is 28.4 Å². The lowest BCUT2D eigenvalue weighted by Gasteiger charge is -2.23. The van der Waals surface area contributed by atoms with Crippen LogP contribution in [0.3, 0.4) is 0 Å². The lowest BCUT2D eigenvalue weighted by molar-refractivity contribution is 0.102. The molecule has 1 aliphatic rings. The largest absolute Gasteiger partial charge is 0.497 e. The Morgan fingerprint density at radius 2 is 2.25 bits per heavy atom. The Morgan fingerprint density at radius 1 is 1.38 bits per heavy atom. The zero-order chi connectivity index (χ0) is 16.9. The topological polar surface area (TPSA) is 59.4 Å². The lowest BCUT2D eigenvalue weighted by atomic mass is 10.1. The Hall–Kier alpha value is -2.60. The van der Waals surface area contributed by atoms with E-state index in [1.54, 1.807) is 31.5 Å². The zero-order valence-corrected chi connectivity index (χ0v) is 14.0. The third-order valence-corrected chi connectivity index (χ3v) is 4.06. The van der Waals surface area contributed by atoms with Crippen LogP contribution in [0.15, 0.2) is 48.2 Å². The first-order valence-electron chi connectivity index (χ1n) is 7.99. The van der Waals surface area contributed by atoms with Crippen molar-refractivity contribution in [1.29, 1.82) is 0 Å². The van der Waals surface area contributed by atoms with Crippen LogP contribution in [0.1, 0.15) is 16.8 Å². The van der Waals surface area contributed by atoms with E-state index >= 15 is 0 Å². The second-order valence-corrected chi connectivity index (χ2v) is 5.95. The third kappa shape index (κ3) is 3.83. The van der Waals surface area contributed by atoms with Gasteiger partial charge >= 0.3 is 0 Å². The lowest BCUT2D eigenvalue weighted by Crippen LogP contribution is -2.27. The molecule has 24 heavy (non-hydrogen) atoms. The highest BCUT2D eigenvalue weighted by molar-refractivity contribution is 6.04. The van der Waals surface area contributed by atoms with Crippen LogP contribution in [0, 0.1) is 0 Å². The molecular formula is C18H22N4O2. The molecule has 1 aromatic heterocycles. The quantitative estimate of drug-likeness (QED) is 0.857. The molecule has 2 aromatic rings. The van der Waals surface area contributed by atoms with Crippen molar-refractivity contribution in [2.75, 3.05) is 32.6 Å². The van der Waals surface area contributed by atoms with Crippen molar-refractivity contribution in [3.05, 3.63) is 53.7 Å². The maximum atomic E-state index is 12.4. The molecule has 126 valence electrons. The summed E-state index contributed by atoms with van der Waals surface area (Å²) in [4.78, 5) is 14.7. The van der Waals surface area contributed by atoms with Crippen molar-refractivity contribution >= 4 is 11.7 Å². The molecule has 0 saturated carbocycles. The highest BCUT2D eigenvalue weighted by atomic mass is 16.5. The Bertz CT molecular complexity index is 751. The van der Waals surface area contributed by atoms with Crippen molar-refractivity contribution in [3.63, 3.8) is 0 Å². The molecule has 2 heterocycles. The fraction of sp³-hybridized carbons (Fsp3) is 0.333. The van der Waals surface area contributed by atoms with E-state index in [1.165, 1.54) is 5.57 Å². The van der Waals surface area contributed by atoms with E-state index in [4.69, 9.17) is 4.74 Å². The minimum absolute atomic E-state index is 0.176. The molecule has 0 unspecified atom stereocenters. The van der Waals surface area contributed by atoms with Crippen molar-refractivity contribution in [2.24, 2.45) is 0 Å². The Labute approximate surface area is 141 Å². The van der Waals surface area contributed by atoms with Crippen molar-refractivity contribution in [3.8, 4) is 5.75 Å². The molecule has 0 aliphatic carbocycles. The first kappa shape index (κ1) is 16.3. The van der Waals surface area contributed by atoms with Gasteiger partial charge in [-0.25, -0.2) is 4.68 Å². The fourth-order valence-electron chi connectivity index (χ4n) is 2.80. The molecule has 0 spiro atoms. The highest BCUT2D eigenvalue weighted by Crippen LogP contribution is 2.17. The van der Waals surface area contributed by atoms with E-state index in [0.717, 1.165) is 19.5 Å². The van der Waals surface area contributed by atoms with E-state index in [0.29, 0.717) is 23.7 Å². The number of likely N-dealkylation sites (N-methyl/N-ethyl adjacent to an activating group) is 1. The van der Waals surface area contributed by atoms with Crippen molar-refractivity contribution in [2.45, 2.75) is 13.0 Å². The van der Waals surface area contributed by atoms with Gasteiger partial charge in [0.05, 0.1) is 19.9 Å². The maximum Gasteiger partial charge on any atom is 0.256 e. The SMILES string of the molecule is COc1cccc(C(=O)Nc2ccnn2CC2=CCCN(C)C2)c1. The number of anilines is 1. The van der Waals surface area contributed by atoms with Crippen molar-refractivity contribution < 1.29 is 9.53 Å². The minimum Gasteiger partial charge on any atom is -0.497 e.